The lowest BCUT2D eigenvalue weighted by molar-refractivity contribution is -0.124. The Morgan fingerprint density at radius 2 is 2.17 bits per heavy atom. The molecule has 0 bridgehead atoms. The smallest absolute Gasteiger partial charge is 0.231 e. The van der Waals surface area contributed by atoms with Crippen LogP contribution in [0, 0.1) is 0 Å². The number of nitrogens with one attached hydrogen (secondary N) is 1. The van der Waals surface area contributed by atoms with Crippen molar-refractivity contribution >= 4 is 5.91 Å². The Labute approximate surface area is 135 Å². The Morgan fingerprint density at radius 1 is 1.35 bits per heavy atom. The quantitative estimate of drug-likeness (QED) is 0.890. The number of methoxy groups -OCH3 is 1. The van der Waals surface area contributed by atoms with Gasteiger partial charge >= 0.3 is 0 Å². The molecule has 1 aromatic carbocycles. The fraction of sp³-hybridized carbons (Fsp3) is 0.389. The molecule has 0 spiro atoms. The number of carbonyl (C=O) groups is 1. The zero-order valence-corrected chi connectivity index (χ0v) is 13.4. The predicted octanol–water partition coefficient (Wildman–Crippen LogP) is 2.82. The highest BCUT2D eigenvalue weighted by molar-refractivity contribution is 5.85. The first-order valence-electron chi connectivity index (χ1n) is 7.82. The highest BCUT2D eigenvalue weighted by Crippen LogP contribution is 2.34. The first-order valence-corrected chi connectivity index (χ1v) is 7.82. The van der Waals surface area contributed by atoms with Gasteiger partial charge < -0.3 is 19.2 Å². The minimum atomic E-state index is -0.305. The summed E-state index contributed by atoms with van der Waals surface area (Å²) in [6, 6.07) is 11.2. The molecule has 2 unspecified atom stereocenters. The Balaban J connectivity index is 1.74. The van der Waals surface area contributed by atoms with Gasteiger partial charge in [0.1, 0.15) is 35.8 Å². The average molecular weight is 315 g/mol. The molecule has 1 aliphatic heterocycles. The fourth-order valence-electron chi connectivity index (χ4n) is 2.79. The second-order valence-electron chi connectivity index (χ2n) is 5.58. The van der Waals surface area contributed by atoms with Gasteiger partial charge in [-0.1, -0.05) is 25.1 Å². The number of hydrogen-bond donors (Lipinski definition) is 1. The largest absolute Gasteiger partial charge is 0.492 e. The van der Waals surface area contributed by atoms with E-state index >= 15 is 0 Å². The molecule has 0 aliphatic carbocycles. The third-order valence-electron chi connectivity index (χ3n) is 4.04. The van der Waals surface area contributed by atoms with Crippen molar-refractivity contribution in [1.29, 1.82) is 0 Å². The Morgan fingerprint density at radius 3 is 2.91 bits per heavy atom. The maximum Gasteiger partial charge on any atom is 0.231 e. The van der Waals surface area contributed by atoms with Crippen molar-refractivity contribution in [2.75, 3.05) is 20.3 Å². The summed E-state index contributed by atoms with van der Waals surface area (Å²) in [5.41, 5.74) is 0.926. The van der Waals surface area contributed by atoms with Crippen molar-refractivity contribution in [3.05, 3.63) is 53.5 Å². The van der Waals surface area contributed by atoms with Crippen LogP contribution in [0.5, 0.6) is 5.75 Å². The molecule has 1 N–H and O–H groups in total. The van der Waals surface area contributed by atoms with Gasteiger partial charge in [-0.05, 0) is 18.2 Å². The van der Waals surface area contributed by atoms with Gasteiger partial charge in [-0.25, -0.2) is 0 Å². The molecule has 1 aliphatic rings. The van der Waals surface area contributed by atoms with Crippen LogP contribution in [0.4, 0.5) is 0 Å². The van der Waals surface area contributed by atoms with Crippen LogP contribution in [-0.2, 0) is 16.0 Å². The molecule has 5 heteroatoms. The van der Waals surface area contributed by atoms with Gasteiger partial charge in [-0.15, -0.1) is 0 Å². The average Bonchev–Trinajstić information content (AvgIpc) is 3.21. The number of hydrogen-bond acceptors (Lipinski definition) is 4. The molecule has 3 rings (SSSR count). The fourth-order valence-corrected chi connectivity index (χ4v) is 2.79. The molecule has 2 heterocycles. The summed E-state index contributed by atoms with van der Waals surface area (Å²) in [5, 5.41) is 3.02. The van der Waals surface area contributed by atoms with Crippen molar-refractivity contribution in [3.63, 3.8) is 0 Å². The summed E-state index contributed by atoms with van der Waals surface area (Å²) in [5.74, 6) is 2.01. The van der Waals surface area contributed by atoms with Gasteiger partial charge in [0.25, 0.3) is 0 Å². The van der Waals surface area contributed by atoms with Crippen molar-refractivity contribution in [3.8, 4) is 5.75 Å². The zero-order chi connectivity index (χ0) is 16.2. The summed E-state index contributed by atoms with van der Waals surface area (Å²) < 4.78 is 16.6. The van der Waals surface area contributed by atoms with E-state index in [1.807, 2.05) is 43.3 Å². The Hall–Kier alpha value is -2.27. The number of benzene rings is 1. The SMILES string of the molecule is CCc1ccc(C(COC)NC(=O)C2COc3ccccc32)o1. The lowest BCUT2D eigenvalue weighted by Gasteiger charge is -2.18. The van der Waals surface area contributed by atoms with Gasteiger partial charge in [-0.2, -0.15) is 0 Å². The third kappa shape index (κ3) is 3.24. The van der Waals surface area contributed by atoms with Gasteiger partial charge in [0.2, 0.25) is 5.91 Å². The molecule has 2 aromatic rings. The zero-order valence-electron chi connectivity index (χ0n) is 13.4. The maximum atomic E-state index is 12.7. The van der Waals surface area contributed by atoms with E-state index in [0.717, 1.165) is 23.5 Å². The monoisotopic (exact) mass is 315 g/mol. The van der Waals surface area contributed by atoms with Crippen molar-refractivity contribution in [1.82, 2.24) is 5.32 Å². The summed E-state index contributed by atoms with van der Waals surface area (Å²) in [6.07, 6.45) is 0.817. The molecule has 0 saturated heterocycles. The first-order chi connectivity index (χ1) is 11.2. The second kappa shape index (κ2) is 6.87. The van der Waals surface area contributed by atoms with Crippen molar-refractivity contribution in [2.45, 2.75) is 25.3 Å². The maximum absolute atomic E-state index is 12.7. The van der Waals surface area contributed by atoms with Gasteiger partial charge in [-0.3, -0.25) is 4.79 Å². The number of carbonyl (C=O) groups excluding carboxylic acids is 1. The summed E-state index contributed by atoms with van der Waals surface area (Å²) in [4.78, 5) is 12.7. The van der Waals surface area contributed by atoms with Crippen LogP contribution in [0.2, 0.25) is 0 Å². The lowest BCUT2D eigenvalue weighted by atomic mass is 10.00. The highest BCUT2D eigenvalue weighted by Gasteiger charge is 2.32. The van der Waals surface area contributed by atoms with Crippen LogP contribution < -0.4 is 10.1 Å². The van der Waals surface area contributed by atoms with Gasteiger partial charge in [0.05, 0.1) is 6.61 Å². The lowest BCUT2D eigenvalue weighted by Crippen LogP contribution is -2.35. The van der Waals surface area contributed by atoms with Crippen LogP contribution in [0.1, 0.15) is 36.0 Å². The molecule has 1 aromatic heterocycles. The van der Waals surface area contributed by atoms with E-state index in [1.165, 1.54) is 0 Å². The Kier molecular flexibility index (Phi) is 4.67. The topological polar surface area (TPSA) is 60.7 Å². The number of furan rings is 1. The molecule has 0 radical (unpaired) electrons. The summed E-state index contributed by atoms with van der Waals surface area (Å²) in [7, 11) is 1.61. The van der Waals surface area contributed by atoms with E-state index in [1.54, 1.807) is 7.11 Å². The minimum Gasteiger partial charge on any atom is -0.492 e. The first kappa shape index (κ1) is 15.6. The molecule has 5 nitrogen and oxygen atoms in total. The predicted molar refractivity (Wildman–Crippen MR) is 85.5 cm³/mol. The van der Waals surface area contributed by atoms with E-state index in [4.69, 9.17) is 13.9 Å². The van der Waals surface area contributed by atoms with Crippen molar-refractivity contribution in [2.24, 2.45) is 0 Å². The molecular weight excluding hydrogens is 294 g/mol. The number of ether oxygens (including phenoxy) is 2. The van der Waals surface area contributed by atoms with E-state index in [9.17, 15) is 4.79 Å². The van der Waals surface area contributed by atoms with Crippen LogP contribution >= 0.6 is 0 Å². The van der Waals surface area contributed by atoms with Crippen LogP contribution in [-0.4, -0.2) is 26.2 Å². The summed E-state index contributed by atoms with van der Waals surface area (Å²) >= 11 is 0. The molecule has 23 heavy (non-hydrogen) atoms. The number of rotatable bonds is 6. The summed E-state index contributed by atoms with van der Waals surface area (Å²) in [6.45, 7) is 2.75. The van der Waals surface area contributed by atoms with E-state index < -0.39 is 0 Å². The molecule has 1 amide bonds. The number of para-hydroxylation sites is 1. The number of fused-ring (bicyclic) bond motifs is 1. The van der Waals surface area contributed by atoms with Crippen LogP contribution in [0.25, 0.3) is 0 Å². The highest BCUT2D eigenvalue weighted by atomic mass is 16.5. The standard InChI is InChI=1S/C18H21NO4/c1-3-12-8-9-17(23-12)15(11-21-2)19-18(20)14-10-22-16-7-5-4-6-13(14)16/h4-9,14-15H,3,10-11H2,1-2H3,(H,19,20). The molecular formula is C18H21NO4. The van der Waals surface area contributed by atoms with Crippen molar-refractivity contribution < 1.29 is 18.7 Å². The molecule has 2 atom stereocenters. The van der Waals surface area contributed by atoms with Gasteiger partial charge in [0.15, 0.2) is 0 Å². The molecule has 0 saturated carbocycles. The molecule has 0 fully saturated rings. The normalized spacial score (nSPS) is 17.4. The number of amides is 1. The van der Waals surface area contributed by atoms with Crippen LogP contribution in [0.15, 0.2) is 40.8 Å². The van der Waals surface area contributed by atoms with E-state index in [2.05, 4.69) is 5.32 Å². The van der Waals surface area contributed by atoms with Gasteiger partial charge in [0, 0.05) is 19.1 Å². The minimum absolute atomic E-state index is 0.0774. The third-order valence-corrected chi connectivity index (χ3v) is 4.04. The van der Waals surface area contributed by atoms with E-state index in [-0.39, 0.29) is 17.9 Å². The molecule has 122 valence electrons. The number of aryl methyl sites for hydroxylation is 1. The Bertz CT molecular complexity index is 679. The second-order valence-corrected chi connectivity index (χ2v) is 5.58. The van der Waals surface area contributed by atoms with Crippen LogP contribution in [0.3, 0.4) is 0 Å². The van der Waals surface area contributed by atoms with E-state index in [0.29, 0.717) is 19.0 Å².